The molecule has 1 rings (SSSR count). The Kier molecular flexibility index (Phi) is 4.15. The standard InChI is InChI=1S/C9H13NO3S2/c1-14-8-5-7(6-10-11)3-4-9(8)15(2,12)13/h3-5,10-11H,6H2,1-2H3. The molecule has 6 heteroatoms. The van der Waals surface area contributed by atoms with Crippen molar-refractivity contribution in [3.05, 3.63) is 23.8 Å². The Bertz CT molecular complexity index is 443. The number of hydrogen-bond acceptors (Lipinski definition) is 5. The lowest BCUT2D eigenvalue weighted by Gasteiger charge is -2.07. The monoisotopic (exact) mass is 247 g/mol. The fourth-order valence-corrected chi connectivity index (χ4v) is 3.20. The van der Waals surface area contributed by atoms with Gasteiger partial charge in [0.15, 0.2) is 9.84 Å². The smallest absolute Gasteiger partial charge is 0.176 e. The van der Waals surface area contributed by atoms with Gasteiger partial charge in [-0.2, -0.15) is 0 Å². The fraction of sp³-hybridized carbons (Fsp3) is 0.333. The van der Waals surface area contributed by atoms with Gasteiger partial charge in [0, 0.05) is 17.7 Å². The lowest BCUT2D eigenvalue weighted by atomic mass is 10.2. The summed E-state index contributed by atoms with van der Waals surface area (Å²) in [6, 6.07) is 5.00. The van der Waals surface area contributed by atoms with E-state index in [1.165, 1.54) is 18.0 Å². The van der Waals surface area contributed by atoms with Crippen LogP contribution in [-0.4, -0.2) is 26.1 Å². The third-order valence-corrected chi connectivity index (χ3v) is 3.97. The van der Waals surface area contributed by atoms with Crippen molar-refractivity contribution < 1.29 is 13.6 Å². The lowest BCUT2D eigenvalue weighted by Crippen LogP contribution is -2.07. The average molecular weight is 247 g/mol. The van der Waals surface area contributed by atoms with Gasteiger partial charge in [0.1, 0.15) is 0 Å². The van der Waals surface area contributed by atoms with Gasteiger partial charge < -0.3 is 5.21 Å². The first-order chi connectivity index (χ1) is 6.99. The molecule has 0 aliphatic heterocycles. The van der Waals surface area contributed by atoms with Crippen molar-refractivity contribution in [2.45, 2.75) is 16.3 Å². The van der Waals surface area contributed by atoms with Crippen LogP contribution in [0.3, 0.4) is 0 Å². The van der Waals surface area contributed by atoms with Crippen molar-refractivity contribution in [2.24, 2.45) is 0 Å². The Balaban J connectivity index is 3.21. The van der Waals surface area contributed by atoms with E-state index in [0.29, 0.717) is 16.3 Å². The van der Waals surface area contributed by atoms with E-state index in [1.54, 1.807) is 18.2 Å². The highest BCUT2D eigenvalue weighted by Crippen LogP contribution is 2.25. The van der Waals surface area contributed by atoms with Crippen molar-refractivity contribution in [3.8, 4) is 0 Å². The number of hydroxylamine groups is 1. The summed E-state index contributed by atoms with van der Waals surface area (Å²) in [6.07, 6.45) is 3.01. The molecule has 84 valence electrons. The molecule has 0 unspecified atom stereocenters. The summed E-state index contributed by atoms with van der Waals surface area (Å²) in [5.41, 5.74) is 2.88. The van der Waals surface area contributed by atoms with E-state index in [2.05, 4.69) is 0 Å². The summed E-state index contributed by atoms with van der Waals surface area (Å²) in [5, 5.41) is 8.54. The summed E-state index contributed by atoms with van der Waals surface area (Å²) >= 11 is 1.37. The molecule has 0 saturated heterocycles. The van der Waals surface area contributed by atoms with Gasteiger partial charge in [0.05, 0.1) is 4.90 Å². The minimum absolute atomic E-state index is 0.303. The topological polar surface area (TPSA) is 66.4 Å². The molecule has 0 fully saturated rings. The number of sulfone groups is 1. The maximum absolute atomic E-state index is 11.4. The molecule has 1 aromatic rings. The van der Waals surface area contributed by atoms with Crippen molar-refractivity contribution in [2.75, 3.05) is 12.5 Å². The van der Waals surface area contributed by atoms with Gasteiger partial charge >= 0.3 is 0 Å². The van der Waals surface area contributed by atoms with Crippen LogP contribution in [0.5, 0.6) is 0 Å². The second-order valence-corrected chi connectivity index (χ2v) is 5.92. The Morgan fingerprint density at radius 1 is 1.47 bits per heavy atom. The van der Waals surface area contributed by atoms with Crippen LogP contribution in [0.25, 0.3) is 0 Å². The second-order valence-electron chi connectivity index (χ2n) is 3.09. The molecule has 4 nitrogen and oxygen atoms in total. The second kappa shape index (κ2) is 4.98. The predicted molar refractivity (Wildman–Crippen MR) is 60.0 cm³/mol. The molecule has 0 bridgehead atoms. The van der Waals surface area contributed by atoms with Crippen LogP contribution in [0, 0.1) is 0 Å². The van der Waals surface area contributed by atoms with Crippen molar-refractivity contribution in [3.63, 3.8) is 0 Å². The van der Waals surface area contributed by atoms with Crippen LogP contribution in [0.2, 0.25) is 0 Å². The van der Waals surface area contributed by atoms with E-state index >= 15 is 0 Å². The van der Waals surface area contributed by atoms with Crippen LogP contribution < -0.4 is 5.48 Å². The zero-order valence-electron chi connectivity index (χ0n) is 8.52. The van der Waals surface area contributed by atoms with E-state index in [-0.39, 0.29) is 0 Å². The molecule has 0 amide bonds. The van der Waals surface area contributed by atoms with Gasteiger partial charge in [0.2, 0.25) is 0 Å². The molecule has 0 heterocycles. The van der Waals surface area contributed by atoms with Crippen molar-refractivity contribution in [1.29, 1.82) is 0 Å². The third-order valence-electron chi connectivity index (χ3n) is 1.91. The highest BCUT2D eigenvalue weighted by molar-refractivity contribution is 7.99. The molecule has 0 spiro atoms. The van der Waals surface area contributed by atoms with Crippen LogP contribution >= 0.6 is 11.8 Å². The normalized spacial score (nSPS) is 11.7. The molecule has 1 aromatic carbocycles. The Labute approximate surface area is 93.6 Å². The molecule has 15 heavy (non-hydrogen) atoms. The number of nitrogens with one attached hydrogen (secondary N) is 1. The van der Waals surface area contributed by atoms with Crippen LogP contribution in [0.1, 0.15) is 5.56 Å². The molecule has 0 aromatic heterocycles. The number of benzene rings is 1. The Morgan fingerprint density at radius 2 is 2.13 bits per heavy atom. The third kappa shape index (κ3) is 3.20. The fourth-order valence-electron chi connectivity index (χ4n) is 1.22. The van der Waals surface area contributed by atoms with Gasteiger partial charge in [-0.1, -0.05) is 6.07 Å². The van der Waals surface area contributed by atoms with Crippen LogP contribution in [-0.2, 0) is 16.4 Å². The van der Waals surface area contributed by atoms with Gasteiger partial charge in [-0.3, -0.25) is 0 Å². The first-order valence-corrected chi connectivity index (χ1v) is 7.34. The van der Waals surface area contributed by atoms with E-state index in [4.69, 9.17) is 5.21 Å². The highest BCUT2D eigenvalue weighted by Gasteiger charge is 2.12. The maximum Gasteiger partial charge on any atom is 0.176 e. The average Bonchev–Trinajstić information content (AvgIpc) is 2.16. The quantitative estimate of drug-likeness (QED) is 0.620. The number of thioether (sulfide) groups is 1. The highest BCUT2D eigenvalue weighted by atomic mass is 32.2. The summed E-state index contributed by atoms with van der Waals surface area (Å²) < 4.78 is 22.8. The van der Waals surface area contributed by atoms with Gasteiger partial charge in [-0.25, -0.2) is 13.9 Å². The van der Waals surface area contributed by atoms with E-state index in [9.17, 15) is 8.42 Å². The first kappa shape index (κ1) is 12.5. The molecule has 0 atom stereocenters. The van der Waals surface area contributed by atoms with Gasteiger partial charge in [0.25, 0.3) is 0 Å². The van der Waals surface area contributed by atoms with E-state index < -0.39 is 9.84 Å². The molecule has 2 N–H and O–H groups in total. The van der Waals surface area contributed by atoms with Gasteiger partial charge in [-0.05, 0) is 24.0 Å². The maximum atomic E-state index is 11.4. The largest absolute Gasteiger partial charge is 0.316 e. The van der Waals surface area contributed by atoms with Crippen LogP contribution in [0.15, 0.2) is 28.0 Å². The number of rotatable bonds is 4. The molecular formula is C9H13NO3S2. The predicted octanol–water partition coefficient (Wildman–Crippen LogP) is 1.29. The number of hydrogen-bond donors (Lipinski definition) is 2. The molecule has 0 saturated carbocycles. The first-order valence-electron chi connectivity index (χ1n) is 4.23. The minimum Gasteiger partial charge on any atom is -0.316 e. The van der Waals surface area contributed by atoms with Crippen molar-refractivity contribution in [1.82, 2.24) is 5.48 Å². The van der Waals surface area contributed by atoms with Gasteiger partial charge in [-0.15, -0.1) is 11.8 Å². The van der Waals surface area contributed by atoms with E-state index in [0.717, 1.165) is 5.56 Å². The summed E-state index contributed by atoms with van der Waals surface area (Å²) in [4.78, 5) is 1.03. The summed E-state index contributed by atoms with van der Waals surface area (Å²) in [6.45, 7) is 0.303. The molecule has 0 radical (unpaired) electrons. The SMILES string of the molecule is CSc1cc(CNO)ccc1S(C)(=O)=O. The lowest BCUT2D eigenvalue weighted by molar-refractivity contribution is 0.161. The Hall–Kier alpha value is -0.560. The summed E-state index contributed by atoms with van der Waals surface area (Å²) in [7, 11) is -3.18. The zero-order chi connectivity index (χ0) is 11.5. The van der Waals surface area contributed by atoms with E-state index in [1.807, 2.05) is 11.7 Å². The van der Waals surface area contributed by atoms with Crippen molar-refractivity contribution >= 4 is 21.6 Å². The van der Waals surface area contributed by atoms with Crippen LogP contribution in [0.4, 0.5) is 0 Å². The minimum atomic E-state index is -3.18. The molecule has 0 aliphatic rings. The zero-order valence-corrected chi connectivity index (χ0v) is 10.2. The molecule has 0 aliphatic carbocycles. The Morgan fingerprint density at radius 3 is 2.60 bits per heavy atom. The molecular weight excluding hydrogens is 234 g/mol. The summed E-state index contributed by atoms with van der Waals surface area (Å²) in [5.74, 6) is 0.